The number of carbonyl (C=O) groups excluding carboxylic acids is 1. The molecule has 1 amide bonds. The van der Waals surface area contributed by atoms with Crippen LogP contribution in [0, 0.1) is 24.7 Å². The minimum atomic E-state index is -4.14. The quantitative estimate of drug-likeness (QED) is 0.284. The lowest BCUT2D eigenvalue weighted by molar-refractivity contribution is -0.111. The van der Waals surface area contributed by atoms with Gasteiger partial charge in [0.05, 0.1) is 28.8 Å². The van der Waals surface area contributed by atoms with Gasteiger partial charge in [-0.25, -0.2) is 18.1 Å². The summed E-state index contributed by atoms with van der Waals surface area (Å²) in [6.45, 7) is 21.3. The molecule has 11 heteroatoms. The maximum Gasteiger partial charge on any atom is 0.264 e. The van der Waals surface area contributed by atoms with Gasteiger partial charge in [-0.1, -0.05) is 52.0 Å². The first-order chi connectivity index (χ1) is 23.9. The zero-order valence-corrected chi connectivity index (χ0v) is 32.5. The number of carbonyl (C=O) groups is 1. The van der Waals surface area contributed by atoms with Crippen molar-refractivity contribution in [1.29, 1.82) is 0 Å². The van der Waals surface area contributed by atoms with Crippen molar-refractivity contribution in [3.8, 4) is 17.1 Å². The molecule has 10 nitrogen and oxygen atoms in total. The van der Waals surface area contributed by atoms with Crippen LogP contribution in [0.25, 0.3) is 11.3 Å². The van der Waals surface area contributed by atoms with Gasteiger partial charge in [0.2, 0.25) is 11.8 Å². The van der Waals surface area contributed by atoms with E-state index >= 15 is 0 Å². The fraction of sp³-hybridized carbons (Fsp3) is 0.575. The summed E-state index contributed by atoms with van der Waals surface area (Å²) in [6.07, 6.45) is 4.05. The molecular weight excluding hydrogens is 663 g/mol. The molecule has 6 rings (SSSR count). The highest BCUT2D eigenvalue weighted by molar-refractivity contribution is 7.92. The van der Waals surface area contributed by atoms with Crippen LogP contribution in [0.4, 0.5) is 5.95 Å². The van der Waals surface area contributed by atoms with E-state index in [-0.39, 0.29) is 64.4 Å². The van der Waals surface area contributed by atoms with Crippen molar-refractivity contribution in [2.24, 2.45) is 10.8 Å². The van der Waals surface area contributed by atoms with Crippen LogP contribution in [0.3, 0.4) is 0 Å². The fourth-order valence-corrected chi connectivity index (χ4v) is 9.69. The molecule has 2 aliphatic heterocycles. The van der Waals surface area contributed by atoms with Crippen LogP contribution in [0.15, 0.2) is 53.4 Å². The first-order valence-electron chi connectivity index (χ1n) is 18.3. The number of hydrogen-bond acceptors (Lipinski definition) is 8. The minimum absolute atomic E-state index is 0.0288. The largest absolute Gasteiger partial charge is 0.475 e. The summed E-state index contributed by atoms with van der Waals surface area (Å²) in [7, 11) is -4.14. The van der Waals surface area contributed by atoms with Crippen molar-refractivity contribution in [2.45, 2.75) is 123 Å². The maximum atomic E-state index is 14.7. The molecule has 1 unspecified atom stereocenters. The molecule has 4 atom stereocenters. The Kier molecular flexibility index (Phi) is 10.3. The van der Waals surface area contributed by atoms with Crippen LogP contribution in [-0.2, 0) is 14.8 Å². The number of benzene rings is 2. The molecule has 3 aliphatic rings. The minimum Gasteiger partial charge on any atom is -0.475 e. The molecule has 4 bridgehead atoms. The average molecular weight is 718 g/mol. The first-order valence-corrected chi connectivity index (χ1v) is 19.8. The Labute approximate surface area is 304 Å². The number of morpholine rings is 1. The summed E-state index contributed by atoms with van der Waals surface area (Å²) < 4.78 is 42.7. The van der Waals surface area contributed by atoms with Crippen molar-refractivity contribution in [3.05, 3.63) is 65.2 Å². The standard InChI is InChI=1S/C40H55N5O5S/c1-25-12-10-13-26(2)36(25)34-17-35-42-38(41-34)43-51(47,48)33-15-11-14-30(16-33)37(46)45(32(24-49-35)19-39(6,7)8)27(3)18-40(9)20-31(21-40)44-22-28(4)50-29(5)23-44/h10-17,27-29,31-32H,18-24H2,1-9H3,(H,41,42,43)/t27?,28-,29+,31-,32-,40-/m1/s1. The van der Waals surface area contributed by atoms with Gasteiger partial charge in [0.15, 0.2) is 0 Å². The molecule has 2 aromatic carbocycles. The Morgan fingerprint density at radius 2 is 1.65 bits per heavy atom. The number of fused-ring (bicyclic) bond motifs is 4. The van der Waals surface area contributed by atoms with Gasteiger partial charge < -0.3 is 14.4 Å². The van der Waals surface area contributed by atoms with Crippen LogP contribution < -0.4 is 9.46 Å². The molecule has 1 aliphatic carbocycles. The number of sulfonamides is 1. The topological polar surface area (TPSA) is 114 Å². The molecule has 0 spiro atoms. The number of hydrogen-bond donors (Lipinski definition) is 1. The monoisotopic (exact) mass is 717 g/mol. The molecule has 51 heavy (non-hydrogen) atoms. The number of aryl methyl sites for hydroxylation is 2. The van der Waals surface area contributed by atoms with E-state index in [2.05, 4.69) is 68.1 Å². The smallest absolute Gasteiger partial charge is 0.264 e. The van der Waals surface area contributed by atoms with Gasteiger partial charge in [-0.05, 0) is 100 Å². The average Bonchev–Trinajstić information content (AvgIpc) is 3.01. The second kappa shape index (κ2) is 14.1. The maximum absolute atomic E-state index is 14.7. The van der Waals surface area contributed by atoms with Gasteiger partial charge >= 0.3 is 0 Å². The molecule has 3 aromatic rings. The van der Waals surface area contributed by atoms with Gasteiger partial charge in [-0.3, -0.25) is 9.69 Å². The zero-order valence-electron chi connectivity index (χ0n) is 31.7. The molecular formula is C40H55N5O5S. The zero-order chi connectivity index (χ0) is 36.9. The van der Waals surface area contributed by atoms with Gasteiger partial charge in [0, 0.05) is 42.4 Å². The summed E-state index contributed by atoms with van der Waals surface area (Å²) in [5.41, 5.74) is 3.69. The van der Waals surface area contributed by atoms with Gasteiger partial charge in [0.1, 0.15) is 6.61 Å². The number of amides is 1. The number of nitrogens with one attached hydrogen (secondary N) is 1. The highest BCUT2D eigenvalue weighted by atomic mass is 32.2. The number of anilines is 1. The van der Waals surface area contributed by atoms with Crippen molar-refractivity contribution in [2.75, 3.05) is 24.4 Å². The van der Waals surface area contributed by atoms with E-state index < -0.39 is 10.0 Å². The number of nitrogens with zero attached hydrogens (tertiary/aromatic N) is 4. The summed E-state index contributed by atoms with van der Waals surface area (Å²) >= 11 is 0. The van der Waals surface area contributed by atoms with Gasteiger partial charge in [0.25, 0.3) is 15.9 Å². The normalized spacial score (nSPS) is 27.5. The number of rotatable bonds is 6. The van der Waals surface area contributed by atoms with E-state index in [0.717, 1.165) is 49.0 Å². The van der Waals surface area contributed by atoms with Crippen molar-refractivity contribution < 1.29 is 22.7 Å². The van der Waals surface area contributed by atoms with Crippen molar-refractivity contribution in [3.63, 3.8) is 0 Å². The van der Waals surface area contributed by atoms with E-state index in [4.69, 9.17) is 9.47 Å². The van der Waals surface area contributed by atoms with Gasteiger partial charge in [-0.15, -0.1) is 0 Å². The molecule has 1 saturated heterocycles. The summed E-state index contributed by atoms with van der Waals surface area (Å²) in [4.78, 5) is 28.5. The fourth-order valence-electron chi connectivity index (χ4n) is 8.70. The van der Waals surface area contributed by atoms with E-state index in [1.54, 1.807) is 18.2 Å². The predicted molar refractivity (Wildman–Crippen MR) is 201 cm³/mol. The summed E-state index contributed by atoms with van der Waals surface area (Å²) in [6, 6.07) is 14.1. The molecule has 1 N–H and O–H groups in total. The summed E-state index contributed by atoms with van der Waals surface area (Å²) in [5.74, 6) is -0.0516. The first kappa shape index (κ1) is 37.2. The molecule has 0 radical (unpaired) electrons. The van der Waals surface area contributed by atoms with Gasteiger partial charge in [-0.2, -0.15) is 4.98 Å². The van der Waals surface area contributed by atoms with Crippen molar-refractivity contribution >= 4 is 21.9 Å². The molecule has 1 saturated carbocycles. The van der Waals surface area contributed by atoms with Crippen LogP contribution in [0.5, 0.6) is 5.88 Å². The second-order valence-corrected chi connectivity index (χ2v) is 18.6. The SMILES string of the molecule is Cc1cccc(C)c1-c1cc2nc(n1)NS(=O)(=O)c1cccc(c1)C(=O)N(C(C)C[C@]1(C)C[C@@H](N3C[C@@H](C)O[C@@H](C)C3)C1)[C@H](CC(C)(C)C)CO2. The molecule has 276 valence electrons. The highest BCUT2D eigenvalue weighted by Gasteiger charge is 2.46. The third-order valence-electron chi connectivity index (χ3n) is 10.6. The molecule has 2 fully saturated rings. The Morgan fingerprint density at radius 3 is 2.29 bits per heavy atom. The Morgan fingerprint density at radius 1 is 1.00 bits per heavy atom. The highest BCUT2D eigenvalue weighted by Crippen LogP contribution is 2.48. The van der Waals surface area contributed by atoms with Crippen LogP contribution in [0.2, 0.25) is 0 Å². The Bertz CT molecular complexity index is 1840. The van der Waals surface area contributed by atoms with E-state index in [0.29, 0.717) is 23.7 Å². The predicted octanol–water partition coefficient (Wildman–Crippen LogP) is 7.26. The van der Waals surface area contributed by atoms with Crippen LogP contribution in [-0.4, -0.2) is 84.1 Å². The third kappa shape index (κ3) is 8.42. The van der Waals surface area contributed by atoms with Crippen LogP contribution >= 0.6 is 0 Å². The number of aromatic nitrogens is 2. The van der Waals surface area contributed by atoms with E-state index in [1.165, 1.54) is 12.1 Å². The lowest BCUT2D eigenvalue weighted by Crippen LogP contribution is -2.58. The summed E-state index contributed by atoms with van der Waals surface area (Å²) in [5, 5.41) is 0. The molecule has 1 aromatic heterocycles. The Hall–Kier alpha value is -3.54. The van der Waals surface area contributed by atoms with Crippen LogP contribution in [0.1, 0.15) is 95.6 Å². The third-order valence-corrected chi connectivity index (χ3v) is 12.0. The van der Waals surface area contributed by atoms with Crippen molar-refractivity contribution in [1.82, 2.24) is 19.8 Å². The van der Waals surface area contributed by atoms with E-state index in [9.17, 15) is 13.2 Å². The Balaban J connectivity index is 1.37. The number of ether oxygens (including phenoxy) is 2. The van der Waals surface area contributed by atoms with E-state index in [1.807, 2.05) is 36.9 Å². The lowest BCUT2D eigenvalue weighted by Gasteiger charge is -2.54. The molecule has 3 heterocycles. The second-order valence-electron chi connectivity index (χ2n) is 16.9. The lowest BCUT2D eigenvalue weighted by atomic mass is 9.63.